The van der Waals surface area contributed by atoms with Gasteiger partial charge in [-0.2, -0.15) is 0 Å². The van der Waals surface area contributed by atoms with Crippen LogP contribution in [0.5, 0.6) is 0 Å². The van der Waals surface area contributed by atoms with Gasteiger partial charge in [-0.1, -0.05) is 0 Å². The number of carbonyl (C=O) groups excluding carboxylic acids is 1. The number of nitrogens with one attached hydrogen (secondary N) is 1. The van der Waals surface area contributed by atoms with E-state index in [4.69, 9.17) is 5.73 Å². The number of carbonyl (C=O) groups is 1. The maximum absolute atomic E-state index is 10.8. The molecule has 0 radical (unpaired) electrons. The summed E-state index contributed by atoms with van der Waals surface area (Å²) in [5, 5.41) is 2.79. The Hall–Kier alpha value is -0.770. The van der Waals surface area contributed by atoms with E-state index in [2.05, 4.69) is 10.1 Å². The van der Waals surface area contributed by atoms with Crippen LogP contribution in [0.2, 0.25) is 0 Å². The lowest BCUT2D eigenvalue weighted by Crippen LogP contribution is -2.82. The summed E-state index contributed by atoms with van der Waals surface area (Å²) in [4.78, 5) is 10.8. The Balaban J connectivity index is 1.86. The van der Waals surface area contributed by atoms with Gasteiger partial charge in [-0.15, -0.1) is 0 Å². The first-order valence-corrected chi connectivity index (χ1v) is 3.73. The van der Waals surface area contributed by atoms with Gasteiger partial charge in [0.15, 0.2) is 0 Å². The molecule has 3 saturated carbocycles. The van der Waals surface area contributed by atoms with Crippen LogP contribution in [0.4, 0.5) is 4.79 Å². The normalized spacial score (nSPS) is 45.3. The Bertz CT molecular complexity index is 195. The van der Waals surface area contributed by atoms with Crippen molar-refractivity contribution in [2.75, 3.05) is 7.11 Å². The Morgan fingerprint density at radius 2 is 2.09 bits per heavy atom. The molecule has 0 unspecified atom stereocenters. The fourth-order valence-corrected chi connectivity index (χ4v) is 2.27. The average Bonchev–Trinajstić information content (AvgIpc) is 1.82. The molecule has 0 aromatic rings. The summed E-state index contributed by atoms with van der Waals surface area (Å²) in [6.07, 6.45) is 2.39. The quantitative estimate of drug-likeness (QED) is 0.560. The van der Waals surface area contributed by atoms with Crippen LogP contribution in [0.25, 0.3) is 0 Å². The van der Waals surface area contributed by atoms with Crippen LogP contribution >= 0.6 is 0 Å². The van der Waals surface area contributed by atoms with E-state index in [-0.39, 0.29) is 17.2 Å². The Kier molecular flexibility index (Phi) is 1.06. The van der Waals surface area contributed by atoms with E-state index in [0.29, 0.717) is 0 Å². The molecule has 3 rings (SSSR count). The number of ether oxygens (including phenoxy) is 1. The monoisotopic (exact) mass is 156 g/mol. The van der Waals surface area contributed by atoms with Gasteiger partial charge in [0.25, 0.3) is 0 Å². The van der Waals surface area contributed by atoms with Gasteiger partial charge in [-0.05, 0) is 19.3 Å². The predicted octanol–water partition coefficient (Wildman–Crippen LogP) is -0.0238. The van der Waals surface area contributed by atoms with E-state index >= 15 is 0 Å². The summed E-state index contributed by atoms with van der Waals surface area (Å²) in [5.74, 6) is 0. The minimum atomic E-state index is -0.341. The first kappa shape index (κ1) is 6.91. The van der Waals surface area contributed by atoms with Gasteiger partial charge in [0.2, 0.25) is 0 Å². The van der Waals surface area contributed by atoms with Crippen molar-refractivity contribution in [2.45, 2.75) is 30.3 Å². The summed E-state index contributed by atoms with van der Waals surface area (Å²) < 4.78 is 4.49. The van der Waals surface area contributed by atoms with E-state index in [1.807, 2.05) is 0 Å². The third-order valence-electron chi connectivity index (χ3n) is 2.62. The van der Waals surface area contributed by atoms with Crippen LogP contribution in [0, 0.1) is 0 Å². The van der Waals surface area contributed by atoms with Crippen molar-refractivity contribution in [3.63, 3.8) is 0 Å². The third kappa shape index (κ3) is 0.822. The second-order valence-corrected chi connectivity index (χ2v) is 3.79. The fourth-order valence-electron chi connectivity index (χ4n) is 2.27. The molecule has 1 amide bonds. The van der Waals surface area contributed by atoms with Crippen LogP contribution in [0.3, 0.4) is 0 Å². The maximum atomic E-state index is 10.8. The van der Waals surface area contributed by atoms with Gasteiger partial charge in [-0.3, -0.25) is 0 Å². The molecule has 3 fully saturated rings. The highest BCUT2D eigenvalue weighted by atomic mass is 16.5. The minimum absolute atomic E-state index is 0.00183. The second-order valence-electron chi connectivity index (χ2n) is 3.79. The maximum Gasteiger partial charge on any atom is 0.407 e. The number of hydrogen-bond donors (Lipinski definition) is 2. The summed E-state index contributed by atoms with van der Waals surface area (Å²) in [6.45, 7) is 0. The van der Waals surface area contributed by atoms with Gasteiger partial charge < -0.3 is 15.8 Å². The Morgan fingerprint density at radius 3 is 2.45 bits per heavy atom. The van der Waals surface area contributed by atoms with Gasteiger partial charge in [0.1, 0.15) is 0 Å². The van der Waals surface area contributed by atoms with Crippen molar-refractivity contribution in [3.8, 4) is 0 Å². The van der Waals surface area contributed by atoms with E-state index in [9.17, 15) is 4.79 Å². The largest absolute Gasteiger partial charge is 0.453 e. The highest BCUT2D eigenvalue weighted by molar-refractivity contribution is 5.69. The number of hydrogen-bond acceptors (Lipinski definition) is 3. The lowest BCUT2D eigenvalue weighted by molar-refractivity contribution is -0.0735. The first-order chi connectivity index (χ1) is 5.08. The summed E-state index contributed by atoms with van der Waals surface area (Å²) in [6, 6.07) is 0. The Morgan fingerprint density at radius 1 is 1.55 bits per heavy atom. The van der Waals surface area contributed by atoms with Gasteiger partial charge in [0.05, 0.1) is 7.11 Å². The number of alkyl carbamates (subject to hydrolysis) is 1. The van der Waals surface area contributed by atoms with E-state index < -0.39 is 0 Å². The smallest absolute Gasteiger partial charge is 0.407 e. The molecule has 4 nitrogen and oxygen atoms in total. The number of nitrogens with two attached hydrogens (primary N) is 1. The molecule has 62 valence electrons. The molecule has 11 heavy (non-hydrogen) atoms. The number of methoxy groups -OCH3 is 1. The highest BCUT2D eigenvalue weighted by Gasteiger charge is 2.66. The molecule has 0 aromatic carbocycles. The van der Waals surface area contributed by atoms with Crippen LogP contribution in [-0.2, 0) is 4.74 Å². The van der Waals surface area contributed by atoms with Crippen molar-refractivity contribution >= 4 is 6.09 Å². The fraction of sp³-hybridized carbons (Fsp3) is 0.857. The predicted molar refractivity (Wildman–Crippen MR) is 39.0 cm³/mol. The van der Waals surface area contributed by atoms with E-state index in [1.54, 1.807) is 0 Å². The van der Waals surface area contributed by atoms with Crippen molar-refractivity contribution in [2.24, 2.45) is 5.73 Å². The van der Waals surface area contributed by atoms with Gasteiger partial charge >= 0.3 is 6.09 Å². The second kappa shape index (κ2) is 1.69. The lowest BCUT2D eigenvalue weighted by Gasteiger charge is -2.68. The molecule has 3 aliphatic rings. The summed E-state index contributed by atoms with van der Waals surface area (Å²) in [5.41, 5.74) is 5.84. The molecule has 0 spiro atoms. The highest BCUT2D eigenvalue weighted by Crippen LogP contribution is 2.58. The number of amides is 1. The zero-order chi connectivity index (χ0) is 8.11. The molecule has 3 aliphatic carbocycles. The molecule has 2 bridgehead atoms. The van der Waals surface area contributed by atoms with Gasteiger partial charge in [-0.25, -0.2) is 4.79 Å². The molecule has 0 aliphatic heterocycles. The zero-order valence-corrected chi connectivity index (χ0v) is 6.52. The van der Waals surface area contributed by atoms with Crippen LogP contribution in [0.15, 0.2) is 0 Å². The van der Waals surface area contributed by atoms with Crippen LogP contribution in [0.1, 0.15) is 19.3 Å². The molecule has 0 saturated heterocycles. The SMILES string of the molecule is COC(=O)NC12CC(N)(C1)C2. The van der Waals surface area contributed by atoms with Crippen LogP contribution < -0.4 is 11.1 Å². The minimum Gasteiger partial charge on any atom is -0.453 e. The Labute approximate surface area is 65.1 Å². The molecular formula is C7H12N2O2. The molecule has 4 heteroatoms. The first-order valence-electron chi connectivity index (χ1n) is 3.73. The molecule has 0 aromatic heterocycles. The van der Waals surface area contributed by atoms with Crippen LogP contribution in [-0.4, -0.2) is 24.3 Å². The van der Waals surface area contributed by atoms with E-state index in [0.717, 1.165) is 19.3 Å². The summed E-state index contributed by atoms with van der Waals surface area (Å²) >= 11 is 0. The van der Waals surface area contributed by atoms with Crippen molar-refractivity contribution in [3.05, 3.63) is 0 Å². The standard InChI is InChI=1S/C7H12N2O2/c1-11-5(10)9-7-2-6(8,3-7)4-7/h2-4,8H2,1H3,(H,9,10). The topological polar surface area (TPSA) is 64.3 Å². The van der Waals surface area contributed by atoms with Crippen molar-refractivity contribution in [1.82, 2.24) is 5.32 Å². The zero-order valence-electron chi connectivity index (χ0n) is 6.52. The van der Waals surface area contributed by atoms with E-state index in [1.165, 1.54) is 7.11 Å². The van der Waals surface area contributed by atoms with Crippen molar-refractivity contribution in [1.29, 1.82) is 0 Å². The average molecular weight is 156 g/mol. The van der Waals surface area contributed by atoms with Crippen molar-refractivity contribution < 1.29 is 9.53 Å². The van der Waals surface area contributed by atoms with Gasteiger partial charge in [0, 0.05) is 11.1 Å². The third-order valence-corrected chi connectivity index (χ3v) is 2.62. The molecule has 3 N–H and O–H groups in total. The molecular weight excluding hydrogens is 144 g/mol. The summed E-state index contributed by atoms with van der Waals surface area (Å²) in [7, 11) is 1.37. The molecule has 0 heterocycles. The molecule has 0 atom stereocenters. The lowest BCUT2D eigenvalue weighted by atomic mass is 9.45. The number of rotatable bonds is 1.